The molecule has 5 heteroatoms. The minimum absolute atomic E-state index is 0.120. The maximum absolute atomic E-state index is 14.1. The van der Waals surface area contributed by atoms with Gasteiger partial charge in [-0.15, -0.1) is 0 Å². The highest BCUT2D eigenvalue weighted by Crippen LogP contribution is 2.29. The van der Waals surface area contributed by atoms with Crippen LogP contribution in [0.25, 0.3) is 0 Å². The van der Waals surface area contributed by atoms with Crippen molar-refractivity contribution in [1.29, 1.82) is 0 Å². The van der Waals surface area contributed by atoms with Gasteiger partial charge < -0.3 is 15.0 Å². The summed E-state index contributed by atoms with van der Waals surface area (Å²) in [6.45, 7) is 5.22. The van der Waals surface area contributed by atoms with Crippen molar-refractivity contribution in [2.45, 2.75) is 19.9 Å². The van der Waals surface area contributed by atoms with Crippen molar-refractivity contribution in [1.82, 2.24) is 5.32 Å². The average Bonchev–Trinajstić information content (AvgIpc) is 2.80. The second-order valence-corrected chi connectivity index (χ2v) is 5.42. The molecule has 1 aliphatic rings. The summed E-state index contributed by atoms with van der Waals surface area (Å²) in [6.07, 6.45) is 0.985. The largest absolute Gasteiger partial charge is 0.383 e. The molecule has 3 nitrogen and oxygen atoms in total. The summed E-state index contributed by atoms with van der Waals surface area (Å²) in [5.41, 5.74) is 0.738. The third kappa shape index (κ3) is 3.67. The molecule has 1 aromatic rings. The zero-order chi connectivity index (χ0) is 14.5. The molecule has 0 aliphatic carbocycles. The number of ether oxygens (including phenoxy) is 1. The topological polar surface area (TPSA) is 24.5 Å². The molecule has 1 atom stereocenters. The molecule has 112 valence electrons. The van der Waals surface area contributed by atoms with Gasteiger partial charge in [-0.3, -0.25) is 0 Å². The van der Waals surface area contributed by atoms with Gasteiger partial charge in [-0.2, -0.15) is 0 Å². The molecule has 0 saturated carbocycles. The van der Waals surface area contributed by atoms with Gasteiger partial charge in [0.05, 0.1) is 6.61 Å². The van der Waals surface area contributed by atoms with Crippen molar-refractivity contribution in [2.24, 2.45) is 5.92 Å². The molecule has 1 N–H and O–H groups in total. The van der Waals surface area contributed by atoms with E-state index in [9.17, 15) is 8.78 Å². The normalized spacial score (nSPS) is 18.8. The number of nitrogens with one attached hydrogen (secondary N) is 1. The lowest BCUT2D eigenvalue weighted by atomic mass is 10.1. The average molecular weight is 284 g/mol. The molecule has 1 aliphatic heterocycles. The molecule has 1 unspecified atom stereocenters. The number of benzene rings is 1. The van der Waals surface area contributed by atoms with Crippen LogP contribution in [0.15, 0.2) is 12.1 Å². The van der Waals surface area contributed by atoms with Crippen molar-refractivity contribution in [3.05, 3.63) is 29.3 Å². The first kappa shape index (κ1) is 15.2. The summed E-state index contributed by atoms with van der Waals surface area (Å²) in [5, 5.41) is 3.08. The molecule has 1 heterocycles. The lowest BCUT2D eigenvalue weighted by Crippen LogP contribution is -2.23. The Bertz CT molecular complexity index is 430. The first-order valence-corrected chi connectivity index (χ1v) is 7.04. The highest BCUT2D eigenvalue weighted by Gasteiger charge is 2.24. The number of anilines is 1. The minimum atomic E-state index is -0.470. The highest BCUT2D eigenvalue weighted by molar-refractivity contribution is 5.51. The van der Waals surface area contributed by atoms with Gasteiger partial charge in [0.2, 0.25) is 0 Å². The Kier molecular flexibility index (Phi) is 5.31. The number of rotatable bonds is 6. The molecule has 0 radical (unpaired) electrons. The number of hydrogen-bond acceptors (Lipinski definition) is 3. The Balaban J connectivity index is 2.04. The molecule has 1 saturated heterocycles. The molecule has 20 heavy (non-hydrogen) atoms. The van der Waals surface area contributed by atoms with E-state index in [1.165, 1.54) is 12.1 Å². The van der Waals surface area contributed by atoms with Crippen LogP contribution in [-0.2, 0) is 11.3 Å². The molecule has 0 amide bonds. The maximum Gasteiger partial charge on any atom is 0.149 e. The van der Waals surface area contributed by atoms with E-state index in [1.54, 1.807) is 12.0 Å². The van der Waals surface area contributed by atoms with Crippen LogP contribution in [-0.4, -0.2) is 33.4 Å². The van der Waals surface area contributed by atoms with E-state index in [1.807, 2.05) is 0 Å². The molecule has 0 bridgehead atoms. The third-order valence-corrected chi connectivity index (χ3v) is 3.63. The summed E-state index contributed by atoms with van der Waals surface area (Å²) in [7, 11) is 1.62. The lowest BCUT2D eigenvalue weighted by molar-refractivity contribution is 0.199. The number of methoxy groups -OCH3 is 1. The van der Waals surface area contributed by atoms with E-state index in [0.29, 0.717) is 31.2 Å². The van der Waals surface area contributed by atoms with E-state index in [-0.39, 0.29) is 5.69 Å². The molecule has 2 rings (SSSR count). The standard InChI is InChI=1S/C15H22F2N2O/c1-11-3-5-19(10-11)15-13(16)7-12(8-14(15)17)9-18-4-6-20-2/h7-8,11,18H,3-6,9-10H2,1-2H3. The van der Waals surface area contributed by atoms with Crippen molar-refractivity contribution in [2.75, 3.05) is 38.3 Å². The molecule has 1 fully saturated rings. The van der Waals surface area contributed by atoms with Crippen LogP contribution in [0.1, 0.15) is 18.9 Å². The minimum Gasteiger partial charge on any atom is -0.383 e. The second-order valence-electron chi connectivity index (χ2n) is 5.42. The Hall–Kier alpha value is -1.20. The summed E-state index contributed by atoms with van der Waals surface area (Å²) in [5.74, 6) is -0.450. The first-order chi connectivity index (χ1) is 9.61. The van der Waals surface area contributed by atoms with Crippen LogP contribution in [0.2, 0.25) is 0 Å². The van der Waals surface area contributed by atoms with Crippen LogP contribution >= 0.6 is 0 Å². The Morgan fingerprint density at radius 3 is 2.60 bits per heavy atom. The zero-order valence-corrected chi connectivity index (χ0v) is 12.1. The van der Waals surface area contributed by atoms with Gasteiger partial charge in [-0.05, 0) is 30.0 Å². The molecule has 0 aromatic heterocycles. The smallest absolute Gasteiger partial charge is 0.149 e. The molecule has 0 spiro atoms. The van der Waals surface area contributed by atoms with Crippen LogP contribution in [0.5, 0.6) is 0 Å². The van der Waals surface area contributed by atoms with Crippen LogP contribution in [0.3, 0.4) is 0 Å². The van der Waals surface area contributed by atoms with Crippen LogP contribution in [0.4, 0.5) is 14.5 Å². The zero-order valence-electron chi connectivity index (χ0n) is 12.1. The summed E-state index contributed by atoms with van der Waals surface area (Å²) in [6, 6.07) is 2.84. The van der Waals surface area contributed by atoms with E-state index < -0.39 is 11.6 Å². The quantitative estimate of drug-likeness (QED) is 0.813. The van der Waals surface area contributed by atoms with Gasteiger partial charge in [0.25, 0.3) is 0 Å². The van der Waals surface area contributed by atoms with Gasteiger partial charge >= 0.3 is 0 Å². The summed E-state index contributed by atoms with van der Waals surface area (Å²) in [4.78, 5) is 1.80. The number of hydrogen-bond donors (Lipinski definition) is 1. The maximum atomic E-state index is 14.1. The Labute approximate surface area is 118 Å². The van der Waals surface area contributed by atoms with Crippen molar-refractivity contribution >= 4 is 5.69 Å². The van der Waals surface area contributed by atoms with Gasteiger partial charge in [0.15, 0.2) is 0 Å². The fourth-order valence-corrected chi connectivity index (χ4v) is 2.57. The fraction of sp³-hybridized carbons (Fsp3) is 0.600. The Morgan fingerprint density at radius 1 is 1.35 bits per heavy atom. The first-order valence-electron chi connectivity index (χ1n) is 7.04. The summed E-state index contributed by atoms with van der Waals surface area (Å²) >= 11 is 0. The molecular formula is C15H22F2N2O. The lowest BCUT2D eigenvalue weighted by Gasteiger charge is -2.20. The molecule has 1 aromatic carbocycles. The van der Waals surface area contributed by atoms with Gasteiger partial charge in [0.1, 0.15) is 17.3 Å². The van der Waals surface area contributed by atoms with Crippen LogP contribution in [0, 0.1) is 17.6 Å². The Morgan fingerprint density at radius 2 is 2.05 bits per heavy atom. The predicted molar refractivity (Wildman–Crippen MR) is 75.9 cm³/mol. The monoisotopic (exact) mass is 284 g/mol. The second kappa shape index (κ2) is 6.99. The van der Waals surface area contributed by atoms with Crippen LogP contribution < -0.4 is 10.2 Å². The predicted octanol–water partition coefficient (Wildman–Crippen LogP) is 2.55. The summed E-state index contributed by atoms with van der Waals surface area (Å²) < 4.78 is 33.2. The van der Waals surface area contributed by atoms with Gasteiger partial charge in [0, 0.05) is 33.3 Å². The van der Waals surface area contributed by atoms with E-state index >= 15 is 0 Å². The van der Waals surface area contributed by atoms with E-state index in [0.717, 1.165) is 19.5 Å². The van der Waals surface area contributed by atoms with E-state index in [2.05, 4.69) is 12.2 Å². The van der Waals surface area contributed by atoms with Crippen molar-refractivity contribution in [3.8, 4) is 0 Å². The molecular weight excluding hydrogens is 262 g/mol. The highest BCUT2D eigenvalue weighted by atomic mass is 19.1. The number of nitrogens with zero attached hydrogens (tertiary/aromatic N) is 1. The van der Waals surface area contributed by atoms with E-state index in [4.69, 9.17) is 4.74 Å². The van der Waals surface area contributed by atoms with Crippen molar-refractivity contribution < 1.29 is 13.5 Å². The number of halogens is 2. The fourth-order valence-electron chi connectivity index (χ4n) is 2.57. The van der Waals surface area contributed by atoms with Gasteiger partial charge in [-0.25, -0.2) is 8.78 Å². The van der Waals surface area contributed by atoms with Crippen molar-refractivity contribution in [3.63, 3.8) is 0 Å². The van der Waals surface area contributed by atoms with Gasteiger partial charge in [-0.1, -0.05) is 6.92 Å². The third-order valence-electron chi connectivity index (χ3n) is 3.63. The SMILES string of the molecule is COCCNCc1cc(F)c(N2CCC(C)C2)c(F)c1.